The predicted octanol–water partition coefficient (Wildman–Crippen LogP) is 0.512. The van der Waals surface area contributed by atoms with E-state index in [0.29, 0.717) is 19.5 Å². The van der Waals surface area contributed by atoms with Gasteiger partial charge in [-0.1, -0.05) is 0 Å². The number of amides is 2. The first kappa shape index (κ1) is 11.7. The first-order valence-corrected chi connectivity index (χ1v) is 4.28. The number of rotatable bonds is 5. The summed E-state index contributed by atoms with van der Waals surface area (Å²) in [7, 11) is 1.69. The van der Waals surface area contributed by atoms with Crippen LogP contribution in [0.25, 0.3) is 0 Å². The monoisotopic (exact) mass is 188 g/mol. The molecule has 0 heterocycles. The molecule has 0 spiro atoms. The minimum Gasteiger partial charge on any atom is -0.481 e. The van der Waals surface area contributed by atoms with Crippen LogP contribution in [0.15, 0.2) is 0 Å². The Morgan fingerprint density at radius 1 is 1.46 bits per heavy atom. The highest BCUT2D eigenvalue weighted by molar-refractivity contribution is 5.73. The number of aliphatic carboxylic acids is 1. The molecule has 76 valence electrons. The molecule has 5 nitrogen and oxygen atoms in total. The zero-order valence-corrected chi connectivity index (χ0v) is 8.04. The number of carboxylic acid groups (broad SMARTS) is 1. The number of nitrogens with one attached hydrogen (secondary N) is 1. The Labute approximate surface area is 77.7 Å². The molecule has 0 unspecified atom stereocenters. The number of hydrogen-bond acceptors (Lipinski definition) is 2. The van der Waals surface area contributed by atoms with Crippen molar-refractivity contribution in [2.45, 2.75) is 19.8 Å². The first-order chi connectivity index (χ1) is 6.07. The second-order valence-electron chi connectivity index (χ2n) is 2.74. The molecule has 0 aromatic heterocycles. The molecule has 0 saturated heterocycles. The molecule has 0 aliphatic carbocycles. The molecule has 0 aromatic carbocycles. The fourth-order valence-electron chi connectivity index (χ4n) is 0.714. The van der Waals surface area contributed by atoms with Crippen LogP contribution in [0.2, 0.25) is 0 Å². The van der Waals surface area contributed by atoms with E-state index >= 15 is 0 Å². The number of hydrogen-bond donors (Lipinski definition) is 2. The van der Waals surface area contributed by atoms with Crippen molar-refractivity contribution in [2.24, 2.45) is 0 Å². The quantitative estimate of drug-likeness (QED) is 0.618. The summed E-state index contributed by atoms with van der Waals surface area (Å²) in [6.07, 6.45) is 0.564. The molecule has 5 heteroatoms. The van der Waals surface area contributed by atoms with E-state index in [1.165, 1.54) is 4.90 Å². The van der Waals surface area contributed by atoms with Gasteiger partial charge in [0.05, 0.1) is 0 Å². The fourth-order valence-corrected chi connectivity index (χ4v) is 0.714. The standard InChI is InChI=1S/C8H16N2O3/c1-3-10(2)8(13)9-6-4-5-7(11)12/h3-6H2,1-2H3,(H,9,13)(H,11,12). The van der Waals surface area contributed by atoms with Crippen LogP contribution in [0.1, 0.15) is 19.8 Å². The fraction of sp³-hybridized carbons (Fsp3) is 0.750. The molecule has 0 bridgehead atoms. The molecule has 0 aromatic rings. The van der Waals surface area contributed by atoms with Crippen LogP contribution < -0.4 is 5.32 Å². The maximum Gasteiger partial charge on any atom is 0.317 e. The summed E-state index contributed by atoms with van der Waals surface area (Å²) in [5.41, 5.74) is 0. The van der Waals surface area contributed by atoms with Gasteiger partial charge in [0.25, 0.3) is 0 Å². The minimum absolute atomic E-state index is 0.0934. The number of urea groups is 1. The van der Waals surface area contributed by atoms with E-state index in [0.717, 1.165) is 0 Å². The summed E-state index contributed by atoms with van der Waals surface area (Å²) >= 11 is 0. The summed E-state index contributed by atoms with van der Waals surface area (Å²) in [5.74, 6) is -0.835. The summed E-state index contributed by atoms with van der Waals surface area (Å²) < 4.78 is 0. The van der Waals surface area contributed by atoms with Crippen LogP contribution in [0.5, 0.6) is 0 Å². The number of nitrogens with zero attached hydrogens (tertiary/aromatic N) is 1. The largest absolute Gasteiger partial charge is 0.481 e. The molecular formula is C8H16N2O3. The van der Waals surface area contributed by atoms with Crippen LogP contribution >= 0.6 is 0 Å². The van der Waals surface area contributed by atoms with Gasteiger partial charge in [-0.25, -0.2) is 4.79 Å². The summed E-state index contributed by atoms with van der Waals surface area (Å²) in [6, 6.07) is -0.159. The highest BCUT2D eigenvalue weighted by Crippen LogP contribution is 1.88. The Kier molecular flexibility index (Phi) is 5.67. The van der Waals surface area contributed by atoms with Crippen molar-refractivity contribution in [1.29, 1.82) is 0 Å². The zero-order chi connectivity index (χ0) is 10.3. The molecule has 2 N–H and O–H groups in total. The van der Waals surface area contributed by atoms with E-state index in [9.17, 15) is 9.59 Å². The lowest BCUT2D eigenvalue weighted by molar-refractivity contribution is -0.137. The van der Waals surface area contributed by atoms with Crippen LogP contribution in [-0.4, -0.2) is 42.1 Å². The van der Waals surface area contributed by atoms with E-state index in [4.69, 9.17) is 5.11 Å². The molecule has 0 fully saturated rings. The van der Waals surface area contributed by atoms with Crippen molar-refractivity contribution in [3.8, 4) is 0 Å². The maximum atomic E-state index is 11.1. The Morgan fingerprint density at radius 3 is 2.54 bits per heavy atom. The molecule has 0 saturated carbocycles. The third-order valence-corrected chi connectivity index (χ3v) is 1.66. The molecule has 2 amide bonds. The Balaban J connectivity index is 3.42. The lowest BCUT2D eigenvalue weighted by Gasteiger charge is -2.14. The van der Waals surface area contributed by atoms with Gasteiger partial charge in [0.1, 0.15) is 0 Å². The molecule has 0 aliphatic heterocycles. The molecule has 0 radical (unpaired) electrons. The Hall–Kier alpha value is -1.26. The predicted molar refractivity (Wildman–Crippen MR) is 48.6 cm³/mol. The second-order valence-corrected chi connectivity index (χ2v) is 2.74. The van der Waals surface area contributed by atoms with Crippen LogP contribution in [0.3, 0.4) is 0 Å². The van der Waals surface area contributed by atoms with Crippen molar-refractivity contribution >= 4 is 12.0 Å². The SMILES string of the molecule is CCN(C)C(=O)NCCCC(=O)O. The molecule has 0 aliphatic rings. The minimum atomic E-state index is -0.835. The van der Waals surface area contributed by atoms with Gasteiger partial charge in [-0.2, -0.15) is 0 Å². The van der Waals surface area contributed by atoms with Gasteiger partial charge in [-0.15, -0.1) is 0 Å². The van der Waals surface area contributed by atoms with Gasteiger partial charge in [0.2, 0.25) is 0 Å². The zero-order valence-electron chi connectivity index (χ0n) is 8.04. The Morgan fingerprint density at radius 2 is 2.08 bits per heavy atom. The smallest absolute Gasteiger partial charge is 0.317 e. The van der Waals surface area contributed by atoms with E-state index < -0.39 is 5.97 Å². The average molecular weight is 188 g/mol. The highest BCUT2D eigenvalue weighted by atomic mass is 16.4. The molecule has 0 atom stereocenters. The highest BCUT2D eigenvalue weighted by Gasteiger charge is 2.04. The van der Waals surface area contributed by atoms with Crippen LogP contribution in [0.4, 0.5) is 4.79 Å². The lowest BCUT2D eigenvalue weighted by Crippen LogP contribution is -2.37. The molecule has 13 heavy (non-hydrogen) atoms. The Bertz CT molecular complexity index is 182. The van der Waals surface area contributed by atoms with E-state index in [1.807, 2.05) is 6.92 Å². The van der Waals surface area contributed by atoms with Gasteiger partial charge in [0, 0.05) is 26.6 Å². The average Bonchev–Trinajstić information content (AvgIpc) is 2.10. The van der Waals surface area contributed by atoms with Crippen LogP contribution in [0, 0.1) is 0 Å². The summed E-state index contributed by atoms with van der Waals surface area (Å²) in [4.78, 5) is 22.7. The maximum absolute atomic E-state index is 11.1. The van der Waals surface area contributed by atoms with E-state index in [-0.39, 0.29) is 12.5 Å². The summed E-state index contributed by atoms with van der Waals surface area (Å²) in [6.45, 7) is 2.93. The second kappa shape index (κ2) is 6.28. The number of carbonyl (C=O) groups excluding carboxylic acids is 1. The van der Waals surface area contributed by atoms with Crippen molar-refractivity contribution in [1.82, 2.24) is 10.2 Å². The number of carboxylic acids is 1. The van der Waals surface area contributed by atoms with Crippen molar-refractivity contribution in [3.05, 3.63) is 0 Å². The first-order valence-electron chi connectivity index (χ1n) is 4.28. The third-order valence-electron chi connectivity index (χ3n) is 1.66. The van der Waals surface area contributed by atoms with Gasteiger partial charge in [0.15, 0.2) is 0 Å². The molecular weight excluding hydrogens is 172 g/mol. The van der Waals surface area contributed by atoms with Gasteiger partial charge >= 0.3 is 12.0 Å². The van der Waals surface area contributed by atoms with Gasteiger partial charge < -0.3 is 15.3 Å². The van der Waals surface area contributed by atoms with Crippen molar-refractivity contribution in [2.75, 3.05) is 20.1 Å². The van der Waals surface area contributed by atoms with E-state index in [1.54, 1.807) is 7.05 Å². The topological polar surface area (TPSA) is 69.6 Å². The third kappa shape index (κ3) is 5.95. The molecule has 0 rings (SSSR count). The van der Waals surface area contributed by atoms with Crippen molar-refractivity contribution in [3.63, 3.8) is 0 Å². The summed E-state index contributed by atoms with van der Waals surface area (Å²) in [5, 5.41) is 10.9. The van der Waals surface area contributed by atoms with E-state index in [2.05, 4.69) is 5.32 Å². The van der Waals surface area contributed by atoms with Gasteiger partial charge in [-0.3, -0.25) is 4.79 Å². The van der Waals surface area contributed by atoms with Crippen molar-refractivity contribution < 1.29 is 14.7 Å². The van der Waals surface area contributed by atoms with Gasteiger partial charge in [-0.05, 0) is 13.3 Å². The lowest BCUT2D eigenvalue weighted by atomic mass is 10.3. The number of carbonyl (C=O) groups is 2. The normalized spacial score (nSPS) is 9.38. The van der Waals surface area contributed by atoms with Crippen LogP contribution in [-0.2, 0) is 4.79 Å².